The van der Waals surface area contributed by atoms with Gasteiger partial charge in [0.15, 0.2) is 10.8 Å². The van der Waals surface area contributed by atoms with E-state index in [0.717, 1.165) is 4.40 Å². The zero-order chi connectivity index (χ0) is 13.5. The van der Waals surface area contributed by atoms with Crippen LogP contribution >= 0.6 is 11.6 Å². The minimum atomic E-state index is -0.854. The van der Waals surface area contributed by atoms with Crippen molar-refractivity contribution in [3.8, 4) is 0 Å². The van der Waals surface area contributed by atoms with Gasteiger partial charge in [0, 0.05) is 12.4 Å². The molecule has 0 spiro atoms. The molecule has 0 unspecified atom stereocenters. The van der Waals surface area contributed by atoms with Gasteiger partial charge in [0.25, 0.3) is 0 Å². The molecule has 18 heavy (non-hydrogen) atoms. The number of halogens is 1. The third kappa shape index (κ3) is 2.21. The van der Waals surface area contributed by atoms with E-state index in [1.54, 1.807) is 20.8 Å². The van der Waals surface area contributed by atoms with Crippen LogP contribution in [0.15, 0.2) is 17.2 Å². The predicted molar refractivity (Wildman–Crippen MR) is 63.9 cm³/mol. The molecule has 2 aromatic rings. The molecule has 2 heterocycles. The Hall–Kier alpha value is -1.89. The molecule has 2 rings (SSSR count). The van der Waals surface area contributed by atoms with Gasteiger partial charge in [-0.05, 0) is 20.8 Å². The van der Waals surface area contributed by atoms with E-state index in [1.165, 1.54) is 12.4 Å². The van der Waals surface area contributed by atoms with Crippen LogP contribution < -0.4 is 5.69 Å². The van der Waals surface area contributed by atoms with Gasteiger partial charge >= 0.3 is 11.8 Å². The zero-order valence-corrected chi connectivity index (χ0v) is 10.8. The molecule has 0 radical (unpaired) electrons. The first-order chi connectivity index (χ1) is 8.29. The molecule has 2 aromatic heterocycles. The Morgan fingerprint density at radius 2 is 2.11 bits per heavy atom. The lowest BCUT2D eigenvalue weighted by molar-refractivity contribution is 0.0508. The molecule has 7 nitrogen and oxygen atoms in total. The lowest BCUT2D eigenvalue weighted by Crippen LogP contribution is -2.34. The average Bonchev–Trinajstić information content (AvgIpc) is 2.56. The van der Waals surface area contributed by atoms with Crippen molar-refractivity contribution in [2.45, 2.75) is 26.4 Å². The van der Waals surface area contributed by atoms with Gasteiger partial charge in [-0.15, -0.1) is 9.78 Å². The molecule has 0 N–H and O–H groups in total. The Morgan fingerprint density at radius 1 is 1.44 bits per heavy atom. The summed E-state index contributed by atoms with van der Waals surface area (Å²) in [5, 5.41) is 3.83. The second kappa shape index (κ2) is 4.09. The van der Waals surface area contributed by atoms with E-state index < -0.39 is 17.4 Å². The van der Waals surface area contributed by atoms with Crippen molar-refractivity contribution in [3.63, 3.8) is 0 Å². The highest BCUT2D eigenvalue weighted by molar-refractivity contribution is 6.32. The molecule has 0 aromatic carbocycles. The zero-order valence-electron chi connectivity index (χ0n) is 10.0. The van der Waals surface area contributed by atoms with Crippen LogP contribution in [-0.2, 0) is 4.74 Å². The molecule has 0 bridgehead atoms. The lowest BCUT2D eigenvalue weighted by Gasteiger charge is -2.18. The number of carbonyl (C=O) groups excluding carboxylic acids is 1. The summed E-state index contributed by atoms with van der Waals surface area (Å²) >= 11 is 5.78. The summed E-state index contributed by atoms with van der Waals surface area (Å²) < 4.78 is 6.80. The number of hydrogen-bond acceptors (Lipinski definition) is 5. The maximum atomic E-state index is 11.9. The minimum absolute atomic E-state index is 0.0388. The van der Waals surface area contributed by atoms with E-state index in [2.05, 4.69) is 10.1 Å². The summed E-state index contributed by atoms with van der Waals surface area (Å²) in [4.78, 5) is 27.4. The summed E-state index contributed by atoms with van der Waals surface area (Å²) in [6.07, 6.45) is 1.86. The van der Waals surface area contributed by atoms with Gasteiger partial charge in [0.05, 0.1) is 0 Å². The van der Waals surface area contributed by atoms with Crippen molar-refractivity contribution >= 4 is 23.3 Å². The Kier molecular flexibility index (Phi) is 2.86. The van der Waals surface area contributed by atoms with E-state index in [-0.39, 0.29) is 10.8 Å². The SMILES string of the molecule is CC(C)(C)OC(=O)n1nc2c(Cl)nccn2c1=O. The van der Waals surface area contributed by atoms with E-state index >= 15 is 0 Å². The first-order valence-electron chi connectivity index (χ1n) is 5.15. The van der Waals surface area contributed by atoms with Crippen molar-refractivity contribution in [2.75, 3.05) is 0 Å². The summed E-state index contributed by atoms with van der Waals surface area (Å²) in [5.41, 5.74) is -1.26. The standard InChI is InChI=1S/C10H11ClN4O3/c1-10(2,3)18-9(17)15-8(16)14-5-4-12-6(11)7(14)13-15/h4-5H,1-3H3. The molecule has 0 saturated heterocycles. The highest BCUT2D eigenvalue weighted by Gasteiger charge is 2.22. The van der Waals surface area contributed by atoms with Crippen molar-refractivity contribution < 1.29 is 9.53 Å². The topological polar surface area (TPSA) is 78.5 Å². The fraction of sp³-hybridized carbons (Fsp3) is 0.400. The van der Waals surface area contributed by atoms with Gasteiger partial charge in [-0.2, -0.15) is 0 Å². The Labute approximate surface area is 107 Å². The molecule has 0 saturated carbocycles. The number of carbonyl (C=O) groups is 1. The van der Waals surface area contributed by atoms with Crippen molar-refractivity contribution in [1.82, 2.24) is 19.2 Å². The molecule has 96 valence electrons. The van der Waals surface area contributed by atoms with Crippen LogP contribution in [0.3, 0.4) is 0 Å². The molecule has 0 aliphatic rings. The summed E-state index contributed by atoms with van der Waals surface area (Å²) in [6, 6.07) is 0. The molecule has 0 fully saturated rings. The van der Waals surface area contributed by atoms with Gasteiger partial charge in [0.2, 0.25) is 0 Å². The maximum absolute atomic E-state index is 11.9. The Morgan fingerprint density at radius 3 is 2.67 bits per heavy atom. The summed E-state index contributed by atoms with van der Waals surface area (Å²) in [5.74, 6) is 0. The fourth-order valence-corrected chi connectivity index (χ4v) is 1.49. The van der Waals surface area contributed by atoms with E-state index in [4.69, 9.17) is 16.3 Å². The van der Waals surface area contributed by atoms with E-state index in [9.17, 15) is 9.59 Å². The minimum Gasteiger partial charge on any atom is -0.442 e. The van der Waals surface area contributed by atoms with Gasteiger partial charge in [-0.1, -0.05) is 11.6 Å². The average molecular weight is 271 g/mol. The highest BCUT2D eigenvalue weighted by Crippen LogP contribution is 2.11. The smallest absolute Gasteiger partial charge is 0.439 e. The monoisotopic (exact) mass is 270 g/mol. The molecule has 0 amide bonds. The largest absolute Gasteiger partial charge is 0.442 e. The van der Waals surface area contributed by atoms with Crippen LogP contribution in [0.1, 0.15) is 20.8 Å². The van der Waals surface area contributed by atoms with Gasteiger partial charge in [-0.3, -0.25) is 0 Å². The van der Waals surface area contributed by atoms with Crippen LogP contribution in [0, 0.1) is 0 Å². The van der Waals surface area contributed by atoms with E-state index in [1.807, 2.05) is 0 Å². The fourth-order valence-electron chi connectivity index (χ4n) is 1.30. The summed E-state index contributed by atoms with van der Waals surface area (Å²) in [7, 11) is 0. The van der Waals surface area contributed by atoms with Crippen LogP contribution in [0.4, 0.5) is 4.79 Å². The Balaban J connectivity index is 2.53. The van der Waals surface area contributed by atoms with Gasteiger partial charge < -0.3 is 4.74 Å². The van der Waals surface area contributed by atoms with Crippen molar-refractivity contribution in [3.05, 3.63) is 28.0 Å². The van der Waals surface area contributed by atoms with E-state index in [0.29, 0.717) is 4.68 Å². The van der Waals surface area contributed by atoms with Gasteiger partial charge in [0.1, 0.15) is 5.60 Å². The van der Waals surface area contributed by atoms with Crippen LogP contribution in [0.2, 0.25) is 5.15 Å². The number of aromatic nitrogens is 4. The first kappa shape index (κ1) is 12.6. The number of nitrogens with zero attached hydrogens (tertiary/aromatic N) is 4. The third-order valence-electron chi connectivity index (χ3n) is 1.96. The second-order valence-corrected chi connectivity index (χ2v) is 4.94. The normalized spacial score (nSPS) is 11.8. The molecule has 0 aliphatic heterocycles. The molecule has 0 aliphatic carbocycles. The quantitative estimate of drug-likeness (QED) is 0.721. The van der Waals surface area contributed by atoms with Crippen LogP contribution in [0.25, 0.3) is 5.65 Å². The molecular formula is C10H11ClN4O3. The number of fused-ring (bicyclic) bond motifs is 1. The number of hydrogen-bond donors (Lipinski definition) is 0. The number of rotatable bonds is 0. The maximum Gasteiger partial charge on any atom is 0.439 e. The second-order valence-electron chi connectivity index (χ2n) is 4.59. The Bertz CT molecular complexity index is 668. The highest BCUT2D eigenvalue weighted by atomic mass is 35.5. The molecule has 8 heteroatoms. The van der Waals surface area contributed by atoms with Crippen molar-refractivity contribution in [1.29, 1.82) is 0 Å². The van der Waals surface area contributed by atoms with Crippen LogP contribution in [-0.4, -0.2) is 30.9 Å². The summed E-state index contributed by atoms with van der Waals surface area (Å²) in [6.45, 7) is 5.08. The lowest BCUT2D eigenvalue weighted by atomic mass is 10.2. The molecule has 0 atom stereocenters. The predicted octanol–water partition coefficient (Wildman–Crippen LogP) is 1.33. The first-order valence-corrected chi connectivity index (χ1v) is 5.52. The molecular weight excluding hydrogens is 260 g/mol. The van der Waals surface area contributed by atoms with Crippen LogP contribution in [0.5, 0.6) is 0 Å². The van der Waals surface area contributed by atoms with Crippen molar-refractivity contribution in [2.24, 2.45) is 0 Å². The van der Waals surface area contributed by atoms with Gasteiger partial charge in [-0.25, -0.2) is 19.0 Å². The number of ether oxygens (including phenoxy) is 1. The third-order valence-corrected chi connectivity index (χ3v) is 2.23.